The van der Waals surface area contributed by atoms with Gasteiger partial charge in [-0.05, 0) is 35.8 Å². The van der Waals surface area contributed by atoms with E-state index in [2.05, 4.69) is 74.1 Å². The Labute approximate surface area is 165 Å². The van der Waals surface area contributed by atoms with Crippen molar-refractivity contribution in [2.24, 2.45) is 15.9 Å². The van der Waals surface area contributed by atoms with Crippen LogP contribution in [0.4, 0.5) is 5.69 Å². The summed E-state index contributed by atoms with van der Waals surface area (Å²) < 4.78 is 0. The molecule has 4 rings (SSSR count). The molecule has 2 unspecified atom stereocenters. The molecule has 5 N–H and O–H groups in total. The molecule has 146 valence electrons. The second-order valence-corrected chi connectivity index (χ2v) is 7.08. The Morgan fingerprint density at radius 1 is 1.25 bits per heavy atom. The molecule has 1 saturated heterocycles. The van der Waals surface area contributed by atoms with Crippen molar-refractivity contribution >= 4 is 17.2 Å². The maximum atomic E-state index is 4.66. The number of aliphatic imine (C=N–C) groups is 2. The van der Waals surface area contributed by atoms with Gasteiger partial charge in [0.25, 0.3) is 0 Å². The number of amidine groups is 1. The Balaban J connectivity index is 1.48. The molecule has 3 aliphatic heterocycles. The summed E-state index contributed by atoms with van der Waals surface area (Å²) in [5.41, 5.74) is 11.5. The van der Waals surface area contributed by atoms with E-state index in [0.717, 1.165) is 42.4 Å². The van der Waals surface area contributed by atoms with Crippen LogP contribution in [0.25, 0.3) is 0 Å². The fraction of sp³-hybridized carbons (Fsp3) is 0.333. The van der Waals surface area contributed by atoms with E-state index < -0.39 is 0 Å². The first-order valence-electron chi connectivity index (χ1n) is 9.69. The molecular formula is C21H27N7. The number of nitrogens with one attached hydrogen (secondary N) is 5. The van der Waals surface area contributed by atoms with Gasteiger partial charge in [-0.15, -0.1) is 0 Å². The van der Waals surface area contributed by atoms with Crippen LogP contribution in [0.5, 0.6) is 0 Å². The van der Waals surface area contributed by atoms with Crippen molar-refractivity contribution in [2.75, 3.05) is 32.0 Å². The number of hydrogen-bond donors (Lipinski definition) is 5. The number of anilines is 1. The van der Waals surface area contributed by atoms with E-state index in [4.69, 9.17) is 0 Å². The van der Waals surface area contributed by atoms with Gasteiger partial charge in [0.15, 0.2) is 5.84 Å². The highest BCUT2D eigenvalue weighted by Gasteiger charge is 2.29. The smallest absolute Gasteiger partial charge is 0.153 e. The molecule has 0 radical (unpaired) electrons. The van der Waals surface area contributed by atoms with E-state index in [9.17, 15) is 0 Å². The molecule has 3 aliphatic rings. The number of hydrogen-bond acceptors (Lipinski definition) is 7. The zero-order valence-electron chi connectivity index (χ0n) is 16.3. The van der Waals surface area contributed by atoms with Gasteiger partial charge in [-0.25, -0.2) is 10.4 Å². The summed E-state index contributed by atoms with van der Waals surface area (Å²) in [4.78, 5) is 9.21. The van der Waals surface area contributed by atoms with Crippen molar-refractivity contribution in [2.45, 2.75) is 13.0 Å². The molecule has 0 amide bonds. The molecular weight excluding hydrogens is 350 g/mol. The molecule has 1 aromatic carbocycles. The standard InChI is InChI=1S/C21H27N7/c1-14(11-27-22-2)18-12-26-20-17(18)6-7-25-21(20)28-16-5-3-4-15(10-16)19-13-23-8-9-24-19/h3-7,10-12,17,19,22-24,27H,8-9,13H2,1-2H3,(H,25,28)/b14-11+. The van der Waals surface area contributed by atoms with Crippen LogP contribution in [0.15, 0.2) is 70.1 Å². The summed E-state index contributed by atoms with van der Waals surface area (Å²) in [5, 5.41) is 10.5. The van der Waals surface area contributed by atoms with Crippen molar-refractivity contribution < 1.29 is 0 Å². The number of hydrazine groups is 1. The van der Waals surface area contributed by atoms with E-state index in [-0.39, 0.29) is 5.92 Å². The van der Waals surface area contributed by atoms with Crippen molar-refractivity contribution in [3.8, 4) is 0 Å². The lowest BCUT2D eigenvalue weighted by molar-refractivity contribution is 0.430. The molecule has 28 heavy (non-hydrogen) atoms. The normalized spacial score (nSPS) is 24.2. The Hall–Kier alpha value is -2.74. The molecule has 7 heteroatoms. The molecule has 7 nitrogen and oxygen atoms in total. The molecule has 2 atom stereocenters. The predicted molar refractivity (Wildman–Crippen MR) is 115 cm³/mol. The summed E-state index contributed by atoms with van der Waals surface area (Å²) in [5.74, 6) is 0.933. The predicted octanol–water partition coefficient (Wildman–Crippen LogP) is 1.84. The zero-order valence-corrected chi connectivity index (χ0v) is 16.3. The second kappa shape index (κ2) is 8.52. The third-order valence-corrected chi connectivity index (χ3v) is 5.18. The van der Waals surface area contributed by atoms with Crippen molar-refractivity contribution in [3.05, 3.63) is 65.7 Å². The summed E-state index contributed by atoms with van der Waals surface area (Å²) >= 11 is 0. The van der Waals surface area contributed by atoms with Crippen molar-refractivity contribution in [1.29, 1.82) is 0 Å². The van der Waals surface area contributed by atoms with Crippen molar-refractivity contribution in [1.82, 2.24) is 21.5 Å². The average molecular weight is 377 g/mol. The largest absolute Gasteiger partial charge is 0.339 e. The SMILES string of the molecule is CNN/C=C(\C)C1=CN=C2C(Nc3cccc(C4CNCCN4)c3)=NC=CC12. The molecule has 0 bridgehead atoms. The van der Waals surface area contributed by atoms with Gasteiger partial charge >= 0.3 is 0 Å². The minimum absolute atomic E-state index is 0.127. The Morgan fingerprint density at radius 3 is 3.00 bits per heavy atom. The van der Waals surface area contributed by atoms with Gasteiger partial charge in [0.2, 0.25) is 0 Å². The van der Waals surface area contributed by atoms with Crippen LogP contribution < -0.4 is 26.8 Å². The van der Waals surface area contributed by atoms with Gasteiger partial charge in [0.05, 0.1) is 11.6 Å². The minimum Gasteiger partial charge on any atom is -0.339 e. The van der Waals surface area contributed by atoms with E-state index in [1.54, 1.807) is 0 Å². The summed E-state index contributed by atoms with van der Waals surface area (Å²) in [7, 11) is 1.84. The fourth-order valence-corrected chi connectivity index (χ4v) is 3.69. The first kappa shape index (κ1) is 18.6. The molecule has 0 saturated carbocycles. The number of nitrogens with zero attached hydrogens (tertiary/aromatic N) is 2. The Morgan fingerprint density at radius 2 is 2.18 bits per heavy atom. The van der Waals surface area contributed by atoms with Gasteiger partial charge in [-0.3, -0.25) is 4.99 Å². The number of benzene rings is 1. The lowest BCUT2D eigenvalue weighted by Gasteiger charge is -2.25. The number of fused-ring (bicyclic) bond motifs is 1. The lowest BCUT2D eigenvalue weighted by atomic mass is 9.90. The van der Waals surface area contributed by atoms with Crippen LogP contribution in [0.3, 0.4) is 0 Å². The van der Waals surface area contributed by atoms with Crippen LogP contribution in [0.2, 0.25) is 0 Å². The monoisotopic (exact) mass is 377 g/mol. The summed E-state index contributed by atoms with van der Waals surface area (Å²) in [6.45, 7) is 5.03. The van der Waals surface area contributed by atoms with Gasteiger partial charge in [0.1, 0.15) is 0 Å². The Kier molecular flexibility index (Phi) is 5.66. The minimum atomic E-state index is 0.127. The van der Waals surface area contributed by atoms with E-state index in [1.165, 1.54) is 11.1 Å². The van der Waals surface area contributed by atoms with Crippen LogP contribution in [0, 0.1) is 5.92 Å². The first-order valence-corrected chi connectivity index (χ1v) is 9.69. The Bertz CT molecular complexity index is 872. The van der Waals surface area contributed by atoms with Crippen molar-refractivity contribution in [3.63, 3.8) is 0 Å². The number of rotatable bonds is 5. The number of allylic oxidation sites excluding steroid dienone is 3. The van der Waals surface area contributed by atoms with Gasteiger partial charge in [-0.1, -0.05) is 18.2 Å². The second-order valence-electron chi connectivity index (χ2n) is 7.08. The van der Waals surface area contributed by atoms with Crippen LogP contribution in [-0.4, -0.2) is 38.2 Å². The maximum Gasteiger partial charge on any atom is 0.153 e. The topological polar surface area (TPSA) is 84.9 Å². The maximum absolute atomic E-state index is 4.66. The van der Waals surface area contributed by atoms with E-state index >= 15 is 0 Å². The van der Waals surface area contributed by atoms with Gasteiger partial charge in [0, 0.05) is 57.0 Å². The lowest BCUT2D eigenvalue weighted by Crippen LogP contribution is -2.42. The molecule has 0 aromatic heterocycles. The quantitative estimate of drug-likeness (QED) is 0.506. The third-order valence-electron chi connectivity index (χ3n) is 5.18. The fourth-order valence-electron chi connectivity index (χ4n) is 3.69. The van der Waals surface area contributed by atoms with Gasteiger partial charge < -0.3 is 21.4 Å². The van der Waals surface area contributed by atoms with E-state index in [0.29, 0.717) is 6.04 Å². The van der Waals surface area contributed by atoms with E-state index in [1.807, 2.05) is 25.6 Å². The molecule has 0 spiro atoms. The summed E-state index contributed by atoms with van der Waals surface area (Å²) in [6, 6.07) is 8.84. The van der Waals surface area contributed by atoms with Crippen LogP contribution in [0.1, 0.15) is 18.5 Å². The highest BCUT2D eigenvalue weighted by molar-refractivity contribution is 6.48. The number of piperazine rings is 1. The molecule has 1 aromatic rings. The highest BCUT2D eigenvalue weighted by atomic mass is 15.3. The highest BCUT2D eigenvalue weighted by Crippen LogP contribution is 2.30. The third kappa shape index (κ3) is 3.91. The van der Waals surface area contributed by atoms with Gasteiger partial charge in [-0.2, -0.15) is 0 Å². The molecule has 0 aliphatic carbocycles. The first-order chi connectivity index (χ1) is 13.8. The van der Waals surface area contributed by atoms with Crippen LogP contribution in [-0.2, 0) is 0 Å². The molecule has 1 fully saturated rings. The zero-order chi connectivity index (χ0) is 19.3. The average Bonchev–Trinajstić information content (AvgIpc) is 3.18. The summed E-state index contributed by atoms with van der Waals surface area (Å²) in [6.07, 6.45) is 7.84. The van der Waals surface area contributed by atoms with Crippen LogP contribution >= 0.6 is 0 Å². The molecule has 3 heterocycles.